The largest absolute Gasteiger partial charge is 0.399 e. The van der Waals surface area contributed by atoms with E-state index in [-0.39, 0.29) is 0 Å². The van der Waals surface area contributed by atoms with Gasteiger partial charge in [-0.2, -0.15) is 0 Å². The van der Waals surface area contributed by atoms with Crippen molar-refractivity contribution in [1.82, 2.24) is 0 Å². The summed E-state index contributed by atoms with van der Waals surface area (Å²) in [5, 5.41) is 2.57. The fourth-order valence-corrected chi connectivity index (χ4v) is 2.16. The molecule has 0 bridgehead atoms. The Hall–Kier alpha value is -1.76. The summed E-state index contributed by atoms with van der Waals surface area (Å²) in [6.45, 7) is 6.04. The van der Waals surface area contributed by atoms with Gasteiger partial charge in [-0.3, -0.25) is 0 Å². The van der Waals surface area contributed by atoms with Crippen molar-refractivity contribution >= 4 is 16.5 Å². The van der Waals surface area contributed by atoms with E-state index in [9.17, 15) is 0 Å². The molecule has 1 heteroatoms. The Bertz CT molecular complexity index is 526. The number of rotatable bonds is 3. The molecule has 0 fully saturated rings. The Labute approximate surface area is 96.6 Å². The molecule has 0 amide bonds. The lowest BCUT2D eigenvalue weighted by Crippen LogP contribution is -2.00. The predicted molar refractivity (Wildman–Crippen MR) is 71.2 cm³/mol. The molecular formula is C15H17N. The first-order valence-electron chi connectivity index (χ1n) is 5.69. The molecule has 2 aromatic carbocycles. The van der Waals surface area contributed by atoms with E-state index < -0.39 is 0 Å². The van der Waals surface area contributed by atoms with Gasteiger partial charge in [0.15, 0.2) is 0 Å². The Morgan fingerprint density at radius 2 is 1.94 bits per heavy atom. The van der Waals surface area contributed by atoms with Gasteiger partial charge in [0.1, 0.15) is 0 Å². The van der Waals surface area contributed by atoms with Gasteiger partial charge in [-0.25, -0.2) is 0 Å². The van der Waals surface area contributed by atoms with Crippen molar-refractivity contribution in [3.05, 3.63) is 54.1 Å². The molecule has 0 unspecified atom stereocenters. The van der Waals surface area contributed by atoms with E-state index in [1.54, 1.807) is 0 Å². The smallest absolute Gasteiger partial charge is 0.0317 e. The third-order valence-corrected chi connectivity index (χ3v) is 2.89. The molecule has 0 aliphatic rings. The predicted octanol–water partition coefficient (Wildman–Crippen LogP) is 3.72. The Morgan fingerprint density at radius 3 is 2.62 bits per heavy atom. The summed E-state index contributed by atoms with van der Waals surface area (Å²) in [4.78, 5) is 0. The maximum Gasteiger partial charge on any atom is 0.0317 e. The maximum atomic E-state index is 5.84. The van der Waals surface area contributed by atoms with Gasteiger partial charge < -0.3 is 5.73 Å². The Kier molecular flexibility index (Phi) is 2.95. The summed E-state index contributed by atoms with van der Waals surface area (Å²) in [7, 11) is 0. The molecule has 0 saturated carbocycles. The van der Waals surface area contributed by atoms with Gasteiger partial charge >= 0.3 is 0 Å². The molecule has 0 spiro atoms. The first-order valence-corrected chi connectivity index (χ1v) is 5.69. The van der Waals surface area contributed by atoms with Crippen molar-refractivity contribution in [3.63, 3.8) is 0 Å². The summed E-state index contributed by atoms with van der Waals surface area (Å²) in [5.74, 6) is 0. The molecule has 2 rings (SSSR count). The third-order valence-electron chi connectivity index (χ3n) is 2.89. The van der Waals surface area contributed by atoms with Gasteiger partial charge in [-0.15, -0.1) is 0 Å². The number of fused-ring (bicyclic) bond motifs is 1. The van der Waals surface area contributed by atoms with Crippen molar-refractivity contribution in [2.24, 2.45) is 5.73 Å². The van der Waals surface area contributed by atoms with E-state index in [1.165, 1.54) is 16.3 Å². The van der Waals surface area contributed by atoms with Crippen LogP contribution in [0.2, 0.25) is 0 Å². The van der Waals surface area contributed by atoms with Crippen LogP contribution in [0.3, 0.4) is 0 Å². The molecule has 0 atom stereocenters. The van der Waals surface area contributed by atoms with Crippen LogP contribution in [-0.4, -0.2) is 0 Å². The first-order chi connectivity index (χ1) is 7.74. The van der Waals surface area contributed by atoms with Crippen LogP contribution in [0.4, 0.5) is 0 Å². The van der Waals surface area contributed by atoms with Crippen LogP contribution in [0.1, 0.15) is 24.5 Å². The molecule has 1 nitrogen and oxygen atoms in total. The summed E-state index contributed by atoms with van der Waals surface area (Å²) < 4.78 is 0. The van der Waals surface area contributed by atoms with E-state index in [2.05, 4.69) is 49.9 Å². The molecule has 0 heterocycles. The minimum Gasteiger partial charge on any atom is -0.399 e. The second kappa shape index (κ2) is 4.40. The van der Waals surface area contributed by atoms with E-state index in [1.807, 2.05) is 0 Å². The number of hydrogen-bond acceptors (Lipinski definition) is 1. The van der Waals surface area contributed by atoms with Gasteiger partial charge in [0.2, 0.25) is 0 Å². The van der Waals surface area contributed by atoms with Crippen LogP contribution < -0.4 is 5.73 Å². The quantitative estimate of drug-likeness (QED) is 0.822. The standard InChI is InChI=1S/C15H17N/c1-3-6-15-13(11(2)16)10-9-12-7-4-5-8-14(12)15/h4-5,7-10H,2-3,6,16H2,1H3. The van der Waals surface area contributed by atoms with Gasteiger partial charge in [-0.1, -0.05) is 56.3 Å². The van der Waals surface area contributed by atoms with Crippen molar-refractivity contribution in [2.75, 3.05) is 0 Å². The average molecular weight is 211 g/mol. The Balaban J connectivity index is 2.73. The van der Waals surface area contributed by atoms with Gasteiger partial charge in [0.25, 0.3) is 0 Å². The van der Waals surface area contributed by atoms with Gasteiger partial charge in [0.05, 0.1) is 0 Å². The molecule has 2 N–H and O–H groups in total. The van der Waals surface area contributed by atoms with Gasteiger partial charge in [0, 0.05) is 11.3 Å². The number of aryl methyl sites for hydroxylation is 1. The molecule has 16 heavy (non-hydrogen) atoms. The molecule has 0 aliphatic carbocycles. The zero-order valence-electron chi connectivity index (χ0n) is 9.66. The van der Waals surface area contributed by atoms with E-state index in [0.717, 1.165) is 18.4 Å². The highest BCUT2D eigenvalue weighted by Gasteiger charge is 2.07. The summed E-state index contributed by atoms with van der Waals surface area (Å²) >= 11 is 0. The van der Waals surface area contributed by atoms with E-state index >= 15 is 0 Å². The highest BCUT2D eigenvalue weighted by molar-refractivity contribution is 5.89. The SMILES string of the molecule is C=C(N)c1ccc2ccccc2c1CCC. The highest BCUT2D eigenvalue weighted by atomic mass is 14.6. The minimum atomic E-state index is 0.661. The molecular weight excluding hydrogens is 194 g/mol. The van der Waals surface area contributed by atoms with Crippen LogP contribution in [-0.2, 0) is 6.42 Å². The zero-order chi connectivity index (χ0) is 11.5. The van der Waals surface area contributed by atoms with E-state index in [0.29, 0.717) is 5.70 Å². The van der Waals surface area contributed by atoms with Crippen molar-refractivity contribution in [1.29, 1.82) is 0 Å². The number of nitrogens with two attached hydrogens (primary N) is 1. The molecule has 0 aromatic heterocycles. The second-order valence-electron chi connectivity index (χ2n) is 4.09. The fourth-order valence-electron chi connectivity index (χ4n) is 2.16. The number of hydrogen-bond donors (Lipinski definition) is 1. The third kappa shape index (κ3) is 1.81. The monoisotopic (exact) mass is 211 g/mol. The summed E-state index contributed by atoms with van der Waals surface area (Å²) in [6, 6.07) is 12.6. The van der Waals surface area contributed by atoms with Gasteiger partial charge in [-0.05, 0) is 22.8 Å². The van der Waals surface area contributed by atoms with Crippen LogP contribution in [0, 0.1) is 0 Å². The molecule has 82 valence electrons. The normalized spacial score (nSPS) is 10.6. The van der Waals surface area contributed by atoms with Crippen molar-refractivity contribution < 1.29 is 0 Å². The van der Waals surface area contributed by atoms with Crippen molar-refractivity contribution in [3.8, 4) is 0 Å². The zero-order valence-corrected chi connectivity index (χ0v) is 9.66. The highest BCUT2D eigenvalue weighted by Crippen LogP contribution is 2.26. The van der Waals surface area contributed by atoms with E-state index in [4.69, 9.17) is 5.73 Å². The number of benzene rings is 2. The minimum absolute atomic E-state index is 0.661. The topological polar surface area (TPSA) is 26.0 Å². The first kappa shape index (κ1) is 10.7. The second-order valence-corrected chi connectivity index (χ2v) is 4.09. The lowest BCUT2D eigenvalue weighted by Gasteiger charge is -2.12. The Morgan fingerprint density at radius 1 is 1.19 bits per heavy atom. The summed E-state index contributed by atoms with van der Waals surface area (Å²) in [6.07, 6.45) is 2.17. The van der Waals surface area contributed by atoms with Crippen LogP contribution in [0.15, 0.2) is 43.0 Å². The molecule has 0 radical (unpaired) electrons. The molecule has 0 aliphatic heterocycles. The average Bonchev–Trinajstić information content (AvgIpc) is 2.29. The van der Waals surface area contributed by atoms with Crippen LogP contribution >= 0.6 is 0 Å². The van der Waals surface area contributed by atoms with Crippen molar-refractivity contribution in [2.45, 2.75) is 19.8 Å². The van der Waals surface area contributed by atoms with Crippen LogP contribution in [0.5, 0.6) is 0 Å². The molecule has 2 aromatic rings. The lowest BCUT2D eigenvalue weighted by atomic mass is 9.94. The lowest BCUT2D eigenvalue weighted by molar-refractivity contribution is 0.926. The van der Waals surface area contributed by atoms with Crippen LogP contribution in [0.25, 0.3) is 16.5 Å². The fraction of sp³-hybridized carbons (Fsp3) is 0.200. The maximum absolute atomic E-state index is 5.84. The summed E-state index contributed by atoms with van der Waals surface area (Å²) in [5.41, 5.74) is 8.93. The molecule has 0 saturated heterocycles.